The van der Waals surface area contributed by atoms with Crippen LogP contribution in [-0.2, 0) is 14.8 Å². The summed E-state index contributed by atoms with van der Waals surface area (Å²) in [6.45, 7) is 2.19. The topological polar surface area (TPSA) is 76.1 Å². The van der Waals surface area contributed by atoms with Gasteiger partial charge in [0.1, 0.15) is 23.6 Å². The summed E-state index contributed by atoms with van der Waals surface area (Å²) in [5.41, 5.74) is 2.10. The summed E-state index contributed by atoms with van der Waals surface area (Å²) in [5.74, 6) is 1.80. The van der Waals surface area contributed by atoms with Crippen LogP contribution in [0.25, 0.3) is 11.1 Å². The second-order valence-corrected chi connectivity index (χ2v) is 14.6. The van der Waals surface area contributed by atoms with E-state index in [1.807, 2.05) is 48.5 Å². The quantitative estimate of drug-likeness (QED) is 0.249. The maximum absolute atomic E-state index is 14.0. The number of rotatable bonds is 9. The van der Waals surface area contributed by atoms with Crippen molar-refractivity contribution in [1.29, 1.82) is 0 Å². The molecule has 3 fully saturated rings. The molecule has 7 nitrogen and oxygen atoms in total. The second kappa shape index (κ2) is 13.9. The van der Waals surface area contributed by atoms with E-state index in [-0.39, 0.29) is 23.5 Å². The first-order valence-corrected chi connectivity index (χ1v) is 17.7. The van der Waals surface area contributed by atoms with Gasteiger partial charge in [-0.2, -0.15) is 4.31 Å². The van der Waals surface area contributed by atoms with Crippen molar-refractivity contribution in [2.75, 3.05) is 26.2 Å². The molecule has 0 bridgehead atoms. The minimum atomic E-state index is -3.91. The van der Waals surface area contributed by atoms with Gasteiger partial charge >= 0.3 is 0 Å². The normalized spacial score (nSPS) is 21.7. The van der Waals surface area contributed by atoms with Crippen LogP contribution in [0.3, 0.4) is 0 Å². The Hall–Kier alpha value is -3.07. The molecule has 3 aliphatic rings. The molecule has 3 aromatic carbocycles. The van der Waals surface area contributed by atoms with Gasteiger partial charge < -0.3 is 14.4 Å². The molecule has 0 unspecified atom stereocenters. The molecule has 2 heterocycles. The molecule has 2 saturated heterocycles. The zero-order valence-electron chi connectivity index (χ0n) is 25.1. The fourth-order valence-corrected chi connectivity index (χ4v) is 8.38. The number of nitrogens with zero attached hydrogens (tertiary/aromatic N) is 2. The first kappa shape index (κ1) is 30.9. The molecule has 1 saturated carbocycles. The van der Waals surface area contributed by atoms with E-state index in [1.165, 1.54) is 36.4 Å². The van der Waals surface area contributed by atoms with Gasteiger partial charge in [-0.15, -0.1) is 0 Å². The van der Waals surface area contributed by atoms with Gasteiger partial charge in [-0.25, -0.2) is 8.42 Å². The lowest BCUT2D eigenvalue weighted by atomic mass is 9.90. The zero-order chi connectivity index (χ0) is 30.5. The number of benzene rings is 3. The van der Waals surface area contributed by atoms with Gasteiger partial charge in [0.2, 0.25) is 15.9 Å². The SMILES string of the molecule is O=C([C@H]1C[C@H](Oc2ccc(-c3ccc(Cl)cc3)cc2)CCN1S(=O)(=O)c1ccc(OCC2CCCCC2)cc1)N1CCCC1. The Kier molecular flexibility index (Phi) is 9.79. The number of hydrogen-bond acceptors (Lipinski definition) is 5. The first-order chi connectivity index (χ1) is 21.4. The molecule has 0 spiro atoms. The van der Waals surface area contributed by atoms with Crippen LogP contribution in [0.2, 0.25) is 5.02 Å². The van der Waals surface area contributed by atoms with Crippen LogP contribution in [0.5, 0.6) is 11.5 Å². The van der Waals surface area contributed by atoms with E-state index in [0.717, 1.165) is 24.0 Å². The summed E-state index contributed by atoms with van der Waals surface area (Å²) >= 11 is 6.03. The third-order valence-electron chi connectivity index (χ3n) is 9.18. The van der Waals surface area contributed by atoms with Crippen LogP contribution < -0.4 is 9.47 Å². The Morgan fingerprint density at radius 2 is 1.36 bits per heavy atom. The Balaban J connectivity index is 1.14. The number of hydrogen-bond donors (Lipinski definition) is 0. The third kappa shape index (κ3) is 7.24. The van der Waals surface area contributed by atoms with Crippen molar-refractivity contribution >= 4 is 27.5 Å². The molecule has 2 aliphatic heterocycles. The lowest BCUT2D eigenvalue weighted by Gasteiger charge is -2.39. The minimum Gasteiger partial charge on any atom is -0.493 e. The average Bonchev–Trinajstić information content (AvgIpc) is 3.60. The van der Waals surface area contributed by atoms with Crippen molar-refractivity contribution in [3.63, 3.8) is 0 Å². The highest BCUT2D eigenvalue weighted by Crippen LogP contribution is 2.32. The van der Waals surface area contributed by atoms with E-state index in [2.05, 4.69) is 0 Å². The monoisotopic (exact) mass is 636 g/mol. The van der Waals surface area contributed by atoms with Gasteiger partial charge in [0.25, 0.3) is 0 Å². The molecular weight excluding hydrogens is 596 g/mol. The molecule has 2 atom stereocenters. The van der Waals surface area contributed by atoms with Crippen LogP contribution in [0, 0.1) is 5.92 Å². The first-order valence-electron chi connectivity index (χ1n) is 15.9. The van der Waals surface area contributed by atoms with E-state index >= 15 is 0 Å². The molecular formula is C35H41ClN2O5S. The highest BCUT2D eigenvalue weighted by Gasteiger charge is 2.43. The standard InChI is InChI=1S/C35H41ClN2O5S/c36-29-12-8-27(9-13-29)28-10-14-31(15-11-28)43-32-20-23-38(34(24-32)35(39)37-21-4-5-22-37)44(40,41)33-18-16-30(17-19-33)42-25-26-6-2-1-3-7-26/h8-19,26,32,34H,1-7,20-25H2/t32-,34-/m1/s1. The molecule has 3 aromatic rings. The Bertz CT molecular complexity index is 1500. The number of carbonyl (C=O) groups is 1. The lowest BCUT2D eigenvalue weighted by molar-refractivity contribution is -0.136. The highest BCUT2D eigenvalue weighted by atomic mass is 35.5. The summed E-state index contributed by atoms with van der Waals surface area (Å²) in [4.78, 5) is 15.7. The molecule has 0 N–H and O–H groups in total. The summed E-state index contributed by atoms with van der Waals surface area (Å²) in [7, 11) is -3.91. The highest BCUT2D eigenvalue weighted by molar-refractivity contribution is 7.89. The van der Waals surface area contributed by atoms with Gasteiger partial charge in [-0.05, 0) is 97.7 Å². The van der Waals surface area contributed by atoms with Crippen molar-refractivity contribution in [2.24, 2.45) is 5.92 Å². The van der Waals surface area contributed by atoms with Gasteiger partial charge in [-0.3, -0.25) is 4.79 Å². The number of sulfonamides is 1. The number of likely N-dealkylation sites (tertiary alicyclic amines) is 1. The largest absolute Gasteiger partial charge is 0.493 e. The maximum Gasteiger partial charge on any atom is 0.243 e. The zero-order valence-corrected chi connectivity index (χ0v) is 26.6. The fraction of sp³-hybridized carbons (Fsp3) is 0.457. The minimum absolute atomic E-state index is 0.134. The van der Waals surface area contributed by atoms with E-state index in [4.69, 9.17) is 21.1 Å². The summed E-state index contributed by atoms with van der Waals surface area (Å²) in [5, 5.41) is 0.691. The van der Waals surface area contributed by atoms with Crippen molar-refractivity contribution in [1.82, 2.24) is 9.21 Å². The summed E-state index contributed by atoms with van der Waals surface area (Å²) < 4.78 is 41.7. The van der Waals surface area contributed by atoms with Gasteiger partial charge in [0.05, 0.1) is 11.5 Å². The predicted octanol–water partition coefficient (Wildman–Crippen LogP) is 7.19. The van der Waals surface area contributed by atoms with Crippen LogP contribution in [0.1, 0.15) is 57.8 Å². The lowest BCUT2D eigenvalue weighted by Crippen LogP contribution is -2.55. The van der Waals surface area contributed by atoms with Crippen molar-refractivity contribution in [3.8, 4) is 22.6 Å². The molecule has 0 radical (unpaired) electrons. The molecule has 234 valence electrons. The van der Waals surface area contributed by atoms with E-state index in [1.54, 1.807) is 29.2 Å². The van der Waals surface area contributed by atoms with Crippen molar-refractivity contribution in [3.05, 3.63) is 77.8 Å². The van der Waals surface area contributed by atoms with Crippen molar-refractivity contribution < 1.29 is 22.7 Å². The van der Waals surface area contributed by atoms with Gasteiger partial charge in [0.15, 0.2) is 0 Å². The van der Waals surface area contributed by atoms with Crippen LogP contribution in [-0.4, -0.2) is 61.9 Å². The smallest absolute Gasteiger partial charge is 0.243 e. The molecule has 9 heteroatoms. The van der Waals surface area contributed by atoms with Crippen LogP contribution in [0.15, 0.2) is 77.7 Å². The molecule has 6 rings (SSSR count). The van der Waals surface area contributed by atoms with E-state index in [0.29, 0.717) is 55.0 Å². The Morgan fingerprint density at radius 3 is 2.02 bits per heavy atom. The molecule has 1 amide bonds. The average molecular weight is 637 g/mol. The van der Waals surface area contributed by atoms with Crippen LogP contribution in [0.4, 0.5) is 0 Å². The number of piperidine rings is 1. The van der Waals surface area contributed by atoms with Crippen molar-refractivity contribution in [2.45, 2.75) is 74.8 Å². The van der Waals surface area contributed by atoms with Crippen LogP contribution >= 0.6 is 11.6 Å². The predicted molar refractivity (Wildman–Crippen MR) is 173 cm³/mol. The fourth-order valence-electron chi connectivity index (χ4n) is 6.65. The number of ether oxygens (including phenoxy) is 2. The molecule has 0 aromatic heterocycles. The number of carbonyl (C=O) groups excluding carboxylic acids is 1. The Labute approximate surface area is 266 Å². The van der Waals surface area contributed by atoms with E-state index < -0.39 is 16.1 Å². The third-order valence-corrected chi connectivity index (χ3v) is 11.4. The summed E-state index contributed by atoms with van der Waals surface area (Å²) in [6.07, 6.45) is 8.56. The number of halogens is 1. The van der Waals surface area contributed by atoms with Gasteiger partial charge in [-0.1, -0.05) is 55.1 Å². The second-order valence-electron chi connectivity index (χ2n) is 12.2. The summed E-state index contributed by atoms with van der Waals surface area (Å²) in [6, 6.07) is 21.4. The molecule has 1 aliphatic carbocycles. The van der Waals surface area contributed by atoms with E-state index in [9.17, 15) is 13.2 Å². The number of amides is 1. The molecule has 44 heavy (non-hydrogen) atoms. The maximum atomic E-state index is 14.0. The Morgan fingerprint density at radius 1 is 0.750 bits per heavy atom. The van der Waals surface area contributed by atoms with Gasteiger partial charge in [0, 0.05) is 31.1 Å².